The van der Waals surface area contributed by atoms with Crippen LogP contribution in [0.2, 0.25) is 5.02 Å². The van der Waals surface area contributed by atoms with E-state index in [9.17, 15) is 9.59 Å². The molecule has 0 unspecified atom stereocenters. The Hall–Kier alpha value is -2.93. The smallest absolute Gasteiger partial charge is 0.276 e. The van der Waals surface area contributed by atoms with Crippen molar-refractivity contribution in [3.63, 3.8) is 0 Å². The maximum Gasteiger partial charge on any atom is 0.276 e. The molecule has 0 bridgehead atoms. The van der Waals surface area contributed by atoms with Crippen LogP contribution in [-0.2, 0) is 9.59 Å². The van der Waals surface area contributed by atoms with Crippen molar-refractivity contribution < 1.29 is 23.8 Å². The molecule has 2 N–H and O–H groups in total. The van der Waals surface area contributed by atoms with E-state index in [2.05, 4.69) is 10.9 Å². The molecule has 2 rings (SSSR count). The lowest BCUT2D eigenvalue weighted by Crippen LogP contribution is -2.45. The standard InChI is InChI=1S/C18H19ClN2O5/c1-12-9-13(19)3-8-16(12)26-11-18(23)21-20-17(22)10-25-15-6-4-14(24-2)5-7-15/h3-9H,10-11H2,1-2H3,(H,20,22)(H,21,23). The maximum atomic E-state index is 11.7. The third-order valence-electron chi connectivity index (χ3n) is 3.27. The van der Waals surface area contributed by atoms with Crippen molar-refractivity contribution in [2.24, 2.45) is 0 Å². The lowest BCUT2D eigenvalue weighted by atomic mass is 10.2. The van der Waals surface area contributed by atoms with Crippen molar-refractivity contribution in [3.8, 4) is 17.2 Å². The van der Waals surface area contributed by atoms with Gasteiger partial charge in [0.05, 0.1) is 7.11 Å². The summed E-state index contributed by atoms with van der Waals surface area (Å²) >= 11 is 5.85. The predicted octanol–water partition coefficient (Wildman–Crippen LogP) is 2.26. The SMILES string of the molecule is COc1ccc(OCC(=O)NNC(=O)COc2ccc(Cl)cc2C)cc1. The Bertz CT molecular complexity index is 765. The van der Waals surface area contributed by atoms with Crippen LogP contribution >= 0.6 is 11.6 Å². The molecule has 2 amide bonds. The molecule has 2 aromatic carbocycles. The first-order valence-corrected chi connectivity index (χ1v) is 8.09. The molecule has 0 aliphatic rings. The van der Waals surface area contributed by atoms with Crippen LogP contribution in [0.3, 0.4) is 0 Å². The summed E-state index contributed by atoms with van der Waals surface area (Å²) in [6.07, 6.45) is 0. The number of nitrogens with one attached hydrogen (secondary N) is 2. The number of rotatable bonds is 7. The minimum atomic E-state index is -0.503. The number of ether oxygens (including phenoxy) is 3. The Morgan fingerprint density at radius 3 is 2.08 bits per heavy atom. The zero-order valence-electron chi connectivity index (χ0n) is 14.4. The fourth-order valence-electron chi connectivity index (χ4n) is 1.95. The van der Waals surface area contributed by atoms with E-state index in [1.54, 1.807) is 49.6 Å². The first-order valence-electron chi connectivity index (χ1n) is 7.71. The Balaban J connectivity index is 1.68. The van der Waals surface area contributed by atoms with Gasteiger partial charge in [0, 0.05) is 5.02 Å². The van der Waals surface area contributed by atoms with Gasteiger partial charge in [0.1, 0.15) is 17.2 Å². The van der Waals surface area contributed by atoms with E-state index in [1.807, 2.05) is 6.92 Å². The average Bonchev–Trinajstić information content (AvgIpc) is 2.64. The molecule has 0 spiro atoms. The quantitative estimate of drug-likeness (QED) is 0.722. The van der Waals surface area contributed by atoms with Gasteiger partial charge in [0.15, 0.2) is 13.2 Å². The Morgan fingerprint density at radius 2 is 1.50 bits per heavy atom. The summed E-state index contributed by atoms with van der Waals surface area (Å²) in [5.41, 5.74) is 5.30. The molecule has 0 heterocycles. The van der Waals surface area contributed by atoms with Gasteiger partial charge in [-0.2, -0.15) is 0 Å². The normalized spacial score (nSPS) is 9.96. The van der Waals surface area contributed by atoms with Gasteiger partial charge in [-0.3, -0.25) is 20.4 Å². The molecule has 138 valence electrons. The number of hydrogen-bond acceptors (Lipinski definition) is 5. The van der Waals surface area contributed by atoms with E-state index in [-0.39, 0.29) is 13.2 Å². The second-order valence-electron chi connectivity index (χ2n) is 5.26. The Labute approximate surface area is 156 Å². The van der Waals surface area contributed by atoms with Gasteiger partial charge in [-0.1, -0.05) is 11.6 Å². The van der Waals surface area contributed by atoms with Crippen molar-refractivity contribution in [3.05, 3.63) is 53.1 Å². The highest BCUT2D eigenvalue weighted by atomic mass is 35.5. The number of hydrogen-bond donors (Lipinski definition) is 2. The molecule has 0 saturated heterocycles. The first kappa shape index (κ1) is 19.4. The van der Waals surface area contributed by atoms with Crippen LogP contribution in [0.25, 0.3) is 0 Å². The van der Waals surface area contributed by atoms with Gasteiger partial charge in [0.25, 0.3) is 11.8 Å². The number of amides is 2. The molecule has 2 aromatic rings. The molecule has 0 aromatic heterocycles. The van der Waals surface area contributed by atoms with Crippen molar-refractivity contribution in [2.45, 2.75) is 6.92 Å². The van der Waals surface area contributed by atoms with E-state index in [0.717, 1.165) is 5.56 Å². The summed E-state index contributed by atoms with van der Waals surface area (Å²) in [6, 6.07) is 11.8. The summed E-state index contributed by atoms with van der Waals surface area (Å²) in [7, 11) is 1.56. The van der Waals surface area contributed by atoms with Crippen LogP contribution in [0.4, 0.5) is 0 Å². The summed E-state index contributed by atoms with van der Waals surface area (Å²) in [5.74, 6) is 0.728. The fourth-order valence-corrected chi connectivity index (χ4v) is 2.18. The first-order chi connectivity index (χ1) is 12.5. The predicted molar refractivity (Wildman–Crippen MR) is 96.5 cm³/mol. The topological polar surface area (TPSA) is 85.9 Å². The van der Waals surface area contributed by atoms with Crippen LogP contribution < -0.4 is 25.1 Å². The van der Waals surface area contributed by atoms with Crippen molar-refractivity contribution >= 4 is 23.4 Å². The molecular weight excluding hydrogens is 360 g/mol. The summed E-state index contributed by atoms with van der Waals surface area (Å²) < 4.78 is 15.7. The third kappa shape index (κ3) is 6.18. The second kappa shape index (κ2) is 9.53. The van der Waals surface area contributed by atoms with Crippen LogP contribution in [0.15, 0.2) is 42.5 Å². The lowest BCUT2D eigenvalue weighted by molar-refractivity contribution is -0.131. The fraction of sp³-hybridized carbons (Fsp3) is 0.222. The van der Waals surface area contributed by atoms with Gasteiger partial charge < -0.3 is 14.2 Å². The second-order valence-corrected chi connectivity index (χ2v) is 5.70. The summed E-state index contributed by atoms with van der Waals surface area (Å²) in [4.78, 5) is 23.4. The summed E-state index contributed by atoms with van der Waals surface area (Å²) in [6.45, 7) is 1.32. The zero-order chi connectivity index (χ0) is 18.9. The Kier molecular flexibility index (Phi) is 7.11. The van der Waals surface area contributed by atoms with Crippen LogP contribution in [-0.4, -0.2) is 32.1 Å². The average molecular weight is 379 g/mol. The number of hydrazine groups is 1. The van der Waals surface area contributed by atoms with E-state index in [4.69, 9.17) is 25.8 Å². The minimum Gasteiger partial charge on any atom is -0.497 e. The maximum absolute atomic E-state index is 11.7. The van der Waals surface area contributed by atoms with E-state index in [1.165, 1.54) is 0 Å². The van der Waals surface area contributed by atoms with Crippen molar-refractivity contribution in [1.29, 1.82) is 0 Å². The van der Waals surface area contributed by atoms with Crippen molar-refractivity contribution in [2.75, 3.05) is 20.3 Å². The lowest BCUT2D eigenvalue weighted by Gasteiger charge is -2.11. The van der Waals surface area contributed by atoms with Gasteiger partial charge >= 0.3 is 0 Å². The molecule has 8 heteroatoms. The number of benzene rings is 2. The number of methoxy groups -OCH3 is 1. The van der Waals surface area contributed by atoms with Gasteiger partial charge in [-0.15, -0.1) is 0 Å². The molecule has 7 nitrogen and oxygen atoms in total. The monoisotopic (exact) mass is 378 g/mol. The van der Waals surface area contributed by atoms with Crippen LogP contribution in [0.5, 0.6) is 17.2 Å². The molecule has 26 heavy (non-hydrogen) atoms. The van der Waals surface area contributed by atoms with Gasteiger partial charge in [-0.05, 0) is 55.0 Å². The molecule has 0 atom stereocenters. The molecule has 0 fully saturated rings. The number of carbonyl (C=O) groups is 2. The molecule has 0 aliphatic carbocycles. The highest BCUT2D eigenvalue weighted by molar-refractivity contribution is 6.30. The van der Waals surface area contributed by atoms with E-state index in [0.29, 0.717) is 22.3 Å². The number of carbonyl (C=O) groups excluding carboxylic acids is 2. The number of aryl methyl sites for hydroxylation is 1. The zero-order valence-corrected chi connectivity index (χ0v) is 15.1. The molecule has 0 aliphatic heterocycles. The van der Waals surface area contributed by atoms with E-state index < -0.39 is 11.8 Å². The van der Waals surface area contributed by atoms with Crippen molar-refractivity contribution in [1.82, 2.24) is 10.9 Å². The number of halogens is 1. The minimum absolute atomic E-state index is 0.246. The highest BCUT2D eigenvalue weighted by Crippen LogP contribution is 2.21. The molecular formula is C18H19ClN2O5. The summed E-state index contributed by atoms with van der Waals surface area (Å²) in [5, 5.41) is 0.587. The molecule has 0 radical (unpaired) electrons. The third-order valence-corrected chi connectivity index (χ3v) is 3.50. The largest absolute Gasteiger partial charge is 0.497 e. The van der Waals surface area contributed by atoms with E-state index >= 15 is 0 Å². The molecule has 0 saturated carbocycles. The highest BCUT2D eigenvalue weighted by Gasteiger charge is 2.08. The van der Waals surface area contributed by atoms with Gasteiger partial charge in [0.2, 0.25) is 0 Å². The Morgan fingerprint density at radius 1 is 0.923 bits per heavy atom. The van der Waals surface area contributed by atoms with Crippen LogP contribution in [0, 0.1) is 6.92 Å². The van der Waals surface area contributed by atoms with Gasteiger partial charge in [-0.25, -0.2) is 0 Å². The van der Waals surface area contributed by atoms with Crippen LogP contribution in [0.1, 0.15) is 5.56 Å².